The van der Waals surface area contributed by atoms with Gasteiger partial charge in [0.05, 0.1) is 22.7 Å². The summed E-state index contributed by atoms with van der Waals surface area (Å²) in [6.07, 6.45) is 4.40. The number of hydrogen-bond acceptors (Lipinski definition) is 5. The average Bonchev–Trinajstić information content (AvgIpc) is 3.04. The number of fused-ring (bicyclic) bond motifs is 1. The SMILES string of the molecule is CC(C)n1ncc2cc(C(=O)N[C@H](C)c3ccc(S(C)(=O)=O)cc3)cnc21. The van der Waals surface area contributed by atoms with Crippen molar-refractivity contribution in [2.75, 3.05) is 6.26 Å². The first kappa shape index (κ1) is 19.0. The molecule has 0 aliphatic carbocycles. The Bertz CT molecular complexity index is 1090. The number of aromatic nitrogens is 3. The van der Waals surface area contributed by atoms with Crippen molar-refractivity contribution in [3.8, 4) is 0 Å². The first-order valence-corrected chi connectivity index (χ1v) is 10.5. The molecule has 0 aliphatic heterocycles. The molecule has 2 aromatic heterocycles. The highest BCUT2D eigenvalue weighted by Gasteiger charge is 2.15. The smallest absolute Gasteiger partial charge is 0.253 e. The average molecular weight is 386 g/mol. The van der Waals surface area contributed by atoms with Gasteiger partial charge in [0, 0.05) is 23.9 Å². The molecule has 0 unspecified atom stereocenters. The summed E-state index contributed by atoms with van der Waals surface area (Å²) in [5, 5.41) is 8.02. The zero-order valence-electron chi connectivity index (χ0n) is 15.7. The second-order valence-electron chi connectivity index (χ2n) is 6.86. The van der Waals surface area contributed by atoms with E-state index in [0.29, 0.717) is 5.56 Å². The normalized spacial score (nSPS) is 13.1. The second kappa shape index (κ2) is 7.11. The van der Waals surface area contributed by atoms with Gasteiger partial charge in [-0.25, -0.2) is 18.1 Å². The molecule has 27 heavy (non-hydrogen) atoms. The first-order valence-electron chi connectivity index (χ1n) is 8.61. The Morgan fingerprint density at radius 2 is 1.78 bits per heavy atom. The van der Waals surface area contributed by atoms with E-state index in [0.717, 1.165) is 22.9 Å². The molecule has 0 saturated heterocycles. The van der Waals surface area contributed by atoms with Crippen molar-refractivity contribution in [3.63, 3.8) is 0 Å². The minimum atomic E-state index is -3.24. The molecule has 1 atom stereocenters. The summed E-state index contributed by atoms with van der Waals surface area (Å²) in [6, 6.07) is 8.17. The van der Waals surface area contributed by atoms with Crippen LogP contribution in [0.3, 0.4) is 0 Å². The van der Waals surface area contributed by atoms with Crippen LogP contribution in [0.1, 0.15) is 48.8 Å². The monoisotopic (exact) mass is 386 g/mol. The van der Waals surface area contributed by atoms with Crippen LogP contribution in [0.4, 0.5) is 0 Å². The number of benzene rings is 1. The lowest BCUT2D eigenvalue weighted by molar-refractivity contribution is 0.0939. The predicted octanol–water partition coefficient (Wildman–Crippen LogP) is 2.91. The highest BCUT2D eigenvalue weighted by atomic mass is 32.2. The van der Waals surface area contributed by atoms with Crippen LogP contribution in [-0.4, -0.2) is 35.3 Å². The molecule has 8 heteroatoms. The molecule has 3 aromatic rings. The molecule has 0 radical (unpaired) electrons. The minimum absolute atomic E-state index is 0.185. The molecule has 3 rings (SSSR count). The van der Waals surface area contributed by atoms with Gasteiger partial charge in [-0.1, -0.05) is 12.1 Å². The third-order valence-electron chi connectivity index (χ3n) is 4.34. The Hall–Kier alpha value is -2.74. The second-order valence-corrected chi connectivity index (χ2v) is 8.87. The van der Waals surface area contributed by atoms with Crippen molar-refractivity contribution in [3.05, 3.63) is 53.9 Å². The maximum atomic E-state index is 12.6. The lowest BCUT2D eigenvalue weighted by Crippen LogP contribution is -2.26. The maximum Gasteiger partial charge on any atom is 0.253 e. The quantitative estimate of drug-likeness (QED) is 0.728. The van der Waals surface area contributed by atoms with Gasteiger partial charge in [0.2, 0.25) is 0 Å². The van der Waals surface area contributed by atoms with Crippen LogP contribution in [0.2, 0.25) is 0 Å². The number of carbonyl (C=O) groups is 1. The van der Waals surface area contributed by atoms with E-state index in [4.69, 9.17) is 0 Å². The number of hydrogen-bond donors (Lipinski definition) is 1. The summed E-state index contributed by atoms with van der Waals surface area (Å²) in [4.78, 5) is 17.2. The van der Waals surface area contributed by atoms with Gasteiger partial charge in [0.1, 0.15) is 0 Å². The van der Waals surface area contributed by atoms with Crippen LogP contribution in [0.25, 0.3) is 11.0 Å². The Labute approximate surface area is 158 Å². The van der Waals surface area contributed by atoms with E-state index in [-0.39, 0.29) is 22.9 Å². The third-order valence-corrected chi connectivity index (χ3v) is 5.47. The van der Waals surface area contributed by atoms with Gasteiger partial charge in [0.15, 0.2) is 15.5 Å². The number of sulfone groups is 1. The van der Waals surface area contributed by atoms with Crippen LogP contribution in [0, 0.1) is 0 Å². The number of amides is 1. The fourth-order valence-corrected chi connectivity index (χ4v) is 3.44. The van der Waals surface area contributed by atoms with Gasteiger partial charge < -0.3 is 5.32 Å². The molecule has 0 fully saturated rings. The van der Waals surface area contributed by atoms with Crippen LogP contribution in [0.15, 0.2) is 47.6 Å². The molecule has 0 bridgehead atoms. The molecule has 0 aliphatic rings. The molecule has 0 spiro atoms. The molecule has 7 nitrogen and oxygen atoms in total. The van der Waals surface area contributed by atoms with Crippen LogP contribution in [-0.2, 0) is 9.84 Å². The van der Waals surface area contributed by atoms with Crippen LogP contribution in [0.5, 0.6) is 0 Å². The summed E-state index contributed by atoms with van der Waals surface area (Å²) in [7, 11) is -3.24. The molecule has 0 saturated carbocycles. The van der Waals surface area contributed by atoms with E-state index < -0.39 is 9.84 Å². The molecule has 1 aromatic carbocycles. The Morgan fingerprint density at radius 1 is 1.11 bits per heavy atom. The Kier molecular flexibility index (Phi) is 5.01. The first-order chi connectivity index (χ1) is 12.7. The highest BCUT2D eigenvalue weighted by molar-refractivity contribution is 7.90. The fraction of sp³-hybridized carbons (Fsp3) is 0.316. The van der Waals surface area contributed by atoms with Crippen molar-refractivity contribution in [2.24, 2.45) is 0 Å². The van der Waals surface area contributed by atoms with E-state index in [1.54, 1.807) is 36.5 Å². The number of carbonyl (C=O) groups excluding carboxylic acids is 1. The van der Waals surface area contributed by atoms with Gasteiger partial charge in [-0.05, 0) is 44.5 Å². The zero-order chi connectivity index (χ0) is 19.8. The largest absolute Gasteiger partial charge is 0.345 e. The molecule has 1 N–H and O–H groups in total. The zero-order valence-corrected chi connectivity index (χ0v) is 16.5. The molecule has 142 valence electrons. The van der Waals surface area contributed by atoms with Gasteiger partial charge in [0.25, 0.3) is 5.91 Å². The van der Waals surface area contributed by atoms with Crippen molar-refractivity contribution in [2.45, 2.75) is 37.8 Å². The van der Waals surface area contributed by atoms with E-state index in [1.165, 1.54) is 6.20 Å². The van der Waals surface area contributed by atoms with Crippen LogP contribution < -0.4 is 5.32 Å². The summed E-state index contributed by atoms with van der Waals surface area (Å²) in [5.74, 6) is -0.249. The van der Waals surface area contributed by atoms with Gasteiger partial charge in [-0.15, -0.1) is 0 Å². The molecule has 2 heterocycles. The standard InChI is InChI=1S/C19H22N4O3S/c1-12(2)23-18-15(11-21-23)9-16(10-20-18)19(24)22-13(3)14-5-7-17(8-6-14)27(4,25)26/h5-13H,1-4H3,(H,22,24)/t13-/m1/s1. The van der Waals surface area contributed by atoms with Gasteiger partial charge in [-0.2, -0.15) is 5.10 Å². The van der Waals surface area contributed by atoms with Gasteiger partial charge in [-0.3, -0.25) is 4.79 Å². The van der Waals surface area contributed by atoms with Gasteiger partial charge >= 0.3 is 0 Å². The summed E-state index contributed by atoms with van der Waals surface area (Å²) >= 11 is 0. The van der Waals surface area contributed by atoms with E-state index >= 15 is 0 Å². The molecule has 1 amide bonds. The van der Waals surface area contributed by atoms with Crippen molar-refractivity contribution in [1.82, 2.24) is 20.1 Å². The predicted molar refractivity (Wildman–Crippen MR) is 103 cm³/mol. The number of rotatable bonds is 5. The Morgan fingerprint density at radius 3 is 2.37 bits per heavy atom. The lowest BCUT2D eigenvalue weighted by Gasteiger charge is -2.15. The molecular formula is C19H22N4O3S. The van der Waals surface area contributed by atoms with E-state index in [2.05, 4.69) is 15.4 Å². The van der Waals surface area contributed by atoms with Crippen molar-refractivity contribution in [1.29, 1.82) is 0 Å². The summed E-state index contributed by atoms with van der Waals surface area (Å²) in [6.45, 7) is 5.88. The topological polar surface area (TPSA) is 94.0 Å². The number of nitrogens with one attached hydrogen (secondary N) is 1. The Balaban J connectivity index is 1.77. The van der Waals surface area contributed by atoms with E-state index in [1.807, 2.05) is 25.5 Å². The maximum absolute atomic E-state index is 12.6. The number of nitrogens with zero attached hydrogens (tertiary/aromatic N) is 3. The number of pyridine rings is 1. The molecular weight excluding hydrogens is 364 g/mol. The van der Waals surface area contributed by atoms with Crippen molar-refractivity contribution < 1.29 is 13.2 Å². The van der Waals surface area contributed by atoms with Crippen LogP contribution >= 0.6 is 0 Å². The van der Waals surface area contributed by atoms with Crippen molar-refractivity contribution >= 4 is 26.8 Å². The summed E-state index contributed by atoms with van der Waals surface area (Å²) < 4.78 is 24.9. The lowest BCUT2D eigenvalue weighted by atomic mass is 10.1. The minimum Gasteiger partial charge on any atom is -0.345 e. The summed E-state index contributed by atoms with van der Waals surface area (Å²) in [5.41, 5.74) is 2.01. The van der Waals surface area contributed by atoms with E-state index in [9.17, 15) is 13.2 Å². The third kappa shape index (κ3) is 4.00. The highest BCUT2D eigenvalue weighted by Crippen LogP contribution is 2.19. The fourth-order valence-electron chi connectivity index (χ4n) is 2.81.